The summed E-state index contributed by atoms with van der Waals surface area (Å²) in [5.74, 6) is -0.0353. The first-order valence-electron chi connectivity index (χ1n) is 5.33. The summed E-state index contributed by atoms with van der Waals surface area (Å²) in [6.07, 6.45) is 1.60. The molecular formula is C12H15BrN2O. The van der Waals surface area contributed by atoms with Gasteiger partial charge in [-0.3, -0.25) is 4.79 Å². The summed E-state index contributed by atoms with van der Waals surface area (Å²) >= 11 is 3.42. The number of rotatable bonds is 3. The van der Waals surface area contributed by atoms with Gasteiger partial charge in [0, 0.05) is 11.0 Å². The molecule has 0 aromatic heterocycles. The Balaban J connectivity index is 1.99. The van der Waals surface area contributed by atoms with Crippen LogP contribution in [0.25, 0.3) is 0 Å². The Morgan fingerprint density at radius 2 is 2.25 bits per heavy atom. The largest absolute Gasteiger partial charge is 0.350 e. The number of nitrogens with one attached hydrogen (secondary N) is 1. The van der Waals surface area contributed by atoms with Crippen molar-refractivity contribution in [3.63, 3.8) is 0 Å². The number of aryl methyl sites for hydroxylation is 1. The van der Waals surface area contributed by atoms with Crippen molar-refractivity contribution >= 4 is 21.8 Å². The highest BCUT2D eigenvalue weighted by Gasteiger charge is 2.45. The minimum absolute atomic E-state index is 0.0353. The van der Waals surface area contributed by atoms with Gasteiger partial charge in [0.05, 0.1) is 5.54 Å². The molecule has 3 nitrogen and oxygen atoms in total. The molecule has 16 heavy (non-hydrogen) atoms. The van der Waals surface area contributed by atoms with Crippen LogP contribution in [0.5, 0.6) is 0 Å². The third-order valence-corrected chi connectivity index (χ3v) is 3.48. The molecule has 1 aromatic carbocycles. The Bertz CT molecular complexity index is 427. The fourth-order valence-electron chi connectivity index (χ4n) is 1.54. The van der Waals surface area contributed by atoms with Crippen LogP contribution < -0.4 is 11.1 Å². The van der Waals surface area contributed by atoms with Crippen LogP contribution in [0.2, 0.25) is 0 Å². The van der Waals surface area contributed by atoms with Gasteiger partial charge in [0.15, 0.2) is 0 Å². The molecule has 1 saturated carbocycles. The molecule has 0 spiro atoms. The lowest BCUT2D eigenvalue weighted by molar-refractivity contribution is -0.123. The van der Waals surface area contributed by atoms with Gasteiger partial charge in [-0.05, 0) is 43.0 Å². The molecule has 0 bridgehead atoms. The summed E-state index contributed by atoms with van der Waals surface area (Å²) < 4.78 is 1.02. The first-order chi connectivity index (χ1) is 7.51. The molecule has 86 valence electrons. The number of amides is 1. The molecule has 0 atom stereocenters. The zero-order valence-corrected chi connectivity index (χ0v) is 10.8. The molecule has 1 fully saturated rings. The monoisotopic (exact) mass is 282 g/mol. The van der Waals surface area contributed by atoms with Crippen LogP contribution in [0.1, 0.15) is 24.0 Å². The van der Waals surface area contributed by atoms with Gasteiger partial charge in [-0.25, -0.2) is 0 Å². The second-order valence-corrected chi connectivity index (χ2v) is 5.33. The molecule has 0 heterocycles. The molecule has 2 rings (SSSR count). The number of hydrogen-bond donors (Lipinski definition) is 2. The van der Waals surface area contributed by atoms with E-state index in [0.717, 1.165) is 22.9 Å². The van der Waals surface area contributed by atoms with Crippen LogP contribution in [-0.4, -0.2) is 11.4 Å². The van der Waals surface area contributed by atoms with Crippen molar-refractivity contribution in [2.45, 2.75) is 31.8 Å². The van der Waals surface area contributed by atoms with Crippen molar-refractivity contribution in [3.8, 4) is 0 Å². The van der Waals surface area contributed by atoms with Gasteiger partial charge in [0.2, 0.25) is 5.91 Å². The highest BCUT2D eigenvalue weighted by Crippen LogP contribution is 2.32. The maximum atomic E-state index is 11.6. The second-order valence-electron chi connectivity index (χ2n) is 4.41. The number of hydrogen-bond acceptors (Lipinski definition) is 2. The second kappa shape index (κ2) is 4.18. The van der Waals surface area contributed by atoms with E-state index in [1.54, 1.807) is 0 Å². The van der Waals surface area contributed by atoms with Crippen LogP contribution in [0.4, 0.5) is 0 Å². The number of carbonyl (C=O) groups is 1. The average Bonchev–Trinajstić information content (AvgIpc) is 2.99. The van der Waals surface area contributed by atoms with Crippen LogP contribution in [0, 0.1) is 6.92 Å². The maximum absolute atomic E-state index is 11.6. The van der Waals surface area contributed by atoms with Crippen LogP contribution in [0.3, 0.4) is 0 Å². The van der Waals surface area contributed by atoms with Gasteiger partial charge in [-0.1, -0.05) is 22.0 Å². The van der Waals surface area contributed by atoms with Crippen molar-refractivity contribution in [1.82, 2.24) is 5.32 Å². The predicted octanol–water partition coefficient (Wildman–Crippen LogP) is 1.87. The van der Waals surface area contributed by atoms with Crippen LogP contribution in [0.15, 0.2) is 22.7 Å². The van der Waals surface area contributed by atoms with Crippen molar-refractivity contribution < 1.29 is 4.79 Å². The molecule has 1 aliphatic rings. The van der Waals surface area contributed by atoms with Crippen molar-refractivity contribution in [2.24, 2.45) is 5.73 Å². The Morgan fingerprint density at radius 1 is 1.56 bits per heavy atom. The standard InChI is InChI=1S/C12H15BrN2O/c1-8-2-3-10(13)6-9(8)7-15-11(16)12(14)4-5-12/h2-3,6H,4-5,7,14H2,1H3,(H,15,16). The lowest BCUT2D eigenvalue weighted by atomic mass is 10.1. The van der Waals surface area contributed by atoms with E-state index in [2.05, 4.69) is 21.2 Å². The lowest BCUT2D eigenvalue weighted by Gasteiger charge is -2.11. The van der Waals surface area contributed by atoms with E-state index in [-0.39, 0.29) is 5.91 Å². The lowest BCUT2D eigenvalue weighted by Crippen LogP contribution is -2.42. The summed E-state index contributed by atoms with van der Waals surface area (Å²) in [6.45, 7) is 2.58. The maximum Gasteiger partial charge on any atom is 0.240 e. The SMILES string of the molecule is Cc1ccc(Br)cc1CNC(=O)C1(N)CC1. The van der Waals surface area contributed by atoms with Crippen molar-refractivity contribution in [1.29, 1.82) is 0 Å². The summed E-state index contributed by atoms with van der Waals surface area (Å²) in [5, 5.41) is 2.88. The van der Waals surface area contributed by atoms with Gasteiger partial charge >= 0.3 is 0 Å². The normalized spacial score (nSPS) is 16.9. The Kier molecular flexibility index (Phi) is 3.04. The van der Waals surface area contributed by atoms with Crippen molar-refractivity contribution in [3.05, 3.63) is 33.8 Å². The van der Waals surface area contributed by atoms with Gasteiger partial charge in [-0.2, -0.15) is 0 Å². The number of carbonyl (C=O) groups excluding carboxylic acids is 1. The summed E-state index contributed by atoms with van der Waals surface area (Å²) in [5.41, 5.74) is 7.51. The van der Waals surface area contributed by atoms with E-state index < -0.39 is 5.54 Å². The van der Waals surface area contributed by atoms with Crippen LogP contribution in [-0.2, 0) is 11.3 Å². The average molecular weight is 283 g/mol. The van der Waals surface area contributed by atoms with Crippen LogP contribution >= 0.6 is 15.9 Å². The van der Waals surface area contributed by atoms with Gasteiger partial charge in [-0.15, -0.1) is 0 Å². The molecule has 1 aliphatic carbocycles. The van der Waals surface area contributed by atoms with Gasteiger partial charge in [0.25, 0.3) is 0 Å². The third-order valence-electron chi connectivity index (χ3n) is 2.99. The minimum Gasteiger partial charge on any atom is -0.350 e. The van der Waals surface area contributed by atoms with E-state index >= 15 is 0 Å². The van der Waals surface area contributed by atoms with E-state index in [4.69, 9.17) is 5.73 Å². The minimum atomic E-state index is -0.583. The first kappa shape index (κ1) is 11.6. The summed E-state index contributed by atoms with van der Waals surface area (Å²) in [7, 11) is 0. The molecule has 3 N–H and O–H groups in total. The summed E-state index contributed by atoms with van der Waals surface area (Å²) in [6, 6.07) is 6.04. The number of benzene rings is 1. The Morgan fingerprint density at radius 3 is 2.88 bits per heavy atom. The number of nitrogens with two attached hydrogens (primary N) is 1. The smallest absolute Gasteiger partial charge is 0.240 e. The van der Waals surface area contributed by atoms with E-state index in [9.17, 15) is 4.79 Å². The third kappa shape index (κ3) is 2.44. The molecule has 0 radical (unpaired) electrons. The molecule has 0 saturated heterocycles. The van der Waals surface area contributed by atoms with E-state index in [1.165, 1.54) is 5.56 Å². The Hall–Kier alpha value is -0.870. The zero-order valence-electron chi connectivity index (χ0n) is 9.22. The highest BCUT2D eigenvalue weighted by molar-refractivity contribution is 9.10. The molecule has 4 heteroatoms. The first-order valence-corrected chi connectivity index (χ1v) is 6.13. The quantitative estimate of drug-likeness (QED) is 0.889. The molecular weight excluding hydrogens is 268 g/mol. The topological polar surface area (TPSA) is 55.1 Å². The molecule has 0 unspecified atom stereocenters. The fourth-order valence-corrected chi connectivity index (χ4v) is 1.95. The summed E-state index contributed by atoms with van der Waals surface area (Å²) in [4.78, 5) is 11.6. The van der Waals surface area contributed by atoms with Gasteiger partial charge in [0.1, 0.15) is 0 Å². The molecule has 1 amide bonds. The zero-order chi connectivity index (χ0) is 11.8. The fraction of sp³-hybridized carbons (Fsp3) is 0.417. The highest BCUT2D eigenvalue weighted by atomic mass is 79.9. The van der Waals surface area contributed by atoms with Gasteiger partial charge < -0.3 is 11.1 Å². The predicted molar refractivity (Wildman–Crippen MR) is 66.9 cm³/mol. The Labute approximate surface area is 104 Å². The van der Waals surface area contributed by atoms with Crippen molar-refractivity contribution in [2.75, 3.05) is 0 Å². The van der Waals surface area contributed by atoms with E-state index in [1.807, 2.05) is 25.1 Å². The molecule has 0 aliphatic heterocycles. The molecule has 1 aromatic rings. The van der Waals surface area contributed by atoms with E-state index in [0.29, 0.717) is 6.54 Å². The number of halogens is 1.